The van der Waals surface area contributed by atoms with Crippen LogP contribution in [-0.2, 0) is 11.3 Å². The first-order chi connectivity index (χ1) is 11.9. The number of hydrogen-bond acceptors (Lipinski definition) is 7. The van der Waals surface area contributed by atoms with E-state index in [2.05, 4.69) is 26.9 Å². The molecule has 1 aromatic heterocycles. The van der Waals surface area contributed by atoms with E-state index in [1.807, 2.05) is 44.2 Å². The lowest BCUT2D eigenvalue weighted by Gasteiger charge is -2.27. The van der Waals surface area contributed by atoms with Crippen molar-refractivity contribution < 1.29 is 4.79 Å². The number of nitrogens with one attached hydrogen (secondary N) is 2. The molecule has 0 fully saturated rings. The Morgan fingerprint density at radius 1 is 1.36 bits per heavy atom. The van der Waals surface area contributed by atoms with E-state index in [9.17, 15) is 10.1 Å². The van der Waals surface area contributed by atoms with Crippen molar-refractivity contribution in [3.8, 4) is 6.07 Å². The fourth-order valence-corrected chi connectivity index (χ4v) is 3.42. The number of carbonyl (C=O) groups excluding carboxylic acids is 1. The van der Waals surface area contributed by atoms with Crippen LogP contribution in [0.2, 0.25) is 0 Å². The lowest BCUT2D eigenvalue weighted by molar-refractivity contribution is -0.120. The van der Waals surface area contributed by atoms with Gasteiger partial charge in [-0.15, -0.1) is 10.2 Å². The van der Waals surface area contributed by atoms with Gasteiger partial charge < -0.3 is 10.6 Å². The molecular formula is C17H21N5OS2. The second kappa shape index (κ2) is 8.83. The highest BCUT2D eigenvalue weighted by Crippen LogP contribution is 2.26. The summed E-state index contributed by atoms with van der Waals surface area (Å²) < 4.78 is 0.717. The number of carbonyl (C=O) groups is 1. The molecule has 8 heteroatoms. The van der Waals surface area contributed by atoms with Gasteiger partial charge in [0.1, 0.15) is 5.54 Å². The molecular weight excluding hydrogens is 354 g/mol. The minimum absolute atomic E-state index is 0.0294. The van der Waals surface area contributed by atoms with Crippen LogP contribution in [0, 0.1) is 17.2 Å². The molecule has 0 aliphatic rings. The number of rotatable bonds is 8. The molecule has 0 bridgehead atoms. The van der Waals surface area contributed by atoms with Gasteiger partial charge in [0.05, 0.1) is 11.8 Å². The average molecular weight is 376 g/mol. The first-order valence-corrected chi connectivity index (χ1v) is 9.69. The normalized spacial score (nSPS) is 13.1. The summed E-state index contributed by atoms with van der Waals surface area (Å²) in [5.41, 5.74) is 0.303. The van der Waals surface area contributed by atoms with Gasteiger partial charge >= 0.3 is 0 Å². The summed E-state index contributed by atoms with van der Waals surface area (Å²) in [4.78, 5) is 12.1. The zero-order valence-electron chi connectivity index (χ0n) is 14.4. The lowest BCUT2D eigenvalue weighted by Crippen LogP contribution is -2.49. The third kappa shape index (κ3) is 5.73. The Kier molecular flexibility index (Phi) is 6.79. The smallest absolute Gasteiger partial charge is 0.231 e. The largest absolute Gasteiger partial charge is 0.356 e. The van der Waals surface area contributed by atoms with Crippen molar-refractivity contribution >= 4 is 34.1 Å². The van der Waals surface area contributed by atoms with Crippen LogP contribution in [0.3, 0.4) is 0 Å². The molecule has 0 aliphatic carbocycles. The first kappa shape index (κ1) is 19.2. The molecule has 2 N–H and O–H groups in total. The summed E-state index contributed by atoms with van der Waals surface area (Å²) in [5, 5.41) is 24.1. The number of hydrogen-bond donors (Lipinski definition) is 2. The number of amides is 1. The van der Waals surface area contributed by atoms with Gasteiger partial charge in [-0.05, 0) is 18.4 Å². The molecule has 2 rings (SSSR count). The van der Waals surface area contributed by atoms with Crippen molar-refractivity contribution in [2.45, 2.75) is 37.2 Å². The van der Waals surface area contributed by atoms with Crippen molar-refractivity contribution in [1.29, 1.82) is 5.26 Å². The maximum Gasteiger partial charge on any atom is 0.231 e. The van der Waals surface area contributed by atoms with Crippen LogP contribution in [-0.4, -0.2) is 27.4 Å². The van der Waals surface area contributed by atoms with Crippen LogP contribution >= 0.6 is 23.1 Å². The Hall–Kier alpha value is -2.11. The van der Waals surface area contributed by atoms with E-state index in [1.165, 1.54) is 23.1 Å². The predicted molar refractivity (Wildman–Crippen MR) is 101 cm³/mol. The first-order valence-electron chi connectivity index (χ1n) is 7.89. The molecule has 25 heavy (non-hydrogen) atoms. The van der Waals surface area contributed by atoms with Crippen LogP contribution in [0.1, 0.15) is 26.3 Å². The average Bonchev–Trinajstić information content (AvgIpc) is 3.07. The molecule has 6 nitrogen and oxygen atoms in total. The zero-order valence-corrected chi connectivity index (χ0v) is 16.1. The molecule has 0 saturated carbocycles. The lowest BCUT2D eigenvalue weighted by atomic mass is 9.90. The standard InChI is InChI=1S/C17H21N5OS2/c1-12(2)17(3,11-18)20-14(23)10-24-16-22-21-15(25-16)19-9-13-7-5-4-6-8-13/h4-8,12H,9-10H2,1-3H3,(H,19,21)(H,20,23)/t17-/m0/s1. The van der Waals surface area contributed by atoms with Gasteiger partial charge in [-0.25, -0.2) is 0 Å². The number of anilines is 1. The van der Waals surface area contributed by atoms with Gasteiger partial charge in [-0.3, -0.25) is 4.79 Å². The van der Waals surface area contributed by atoms with Gasteiger partial charge in [0.15, 0.2) is 4.34 Å². The summed E-state index contributed by atoms with van der Waals surface area (Å²) in [6.45, 7) is 6.23. The van der Waals surface area contributed by atoms with Crippen molar-refractivity contribution in [3.05, 3.63) is 35.9 Å². The monoisotopic (exact) mass is 375 g/mol. The molecule has 0 spiro atoms. The molecule has 0 radical (unpaired) electrons. The predicted octanol–water partition coefficient (Wildman–Crippen LogP) is 3.30. The third-order valence-electron chi connectivity index (χ3n) is 3.81. The van der Waals surface area contributed by atoms with E-state index < -0.39 is 5.54 Å². The second-order valence-corrected chi connectivity index (χ2v) is 8.22. The van der Waals surface area contributed by atoms with E-state index in [0.29, 0.717) is 10.9 Å². The summed E-state index contributed by atoms with van der Waals surface area (Å²) in [5.74, 6) is 0.0515. The fraction of sp³-hybridized carbons (Fsp3) is 0.412. The van der Waals surface area contributed by atoms with Crippen molar-refractivity contribution in [1.82, 2.24) is 15.5 Å². The molecule has 2 aromatic rings. The molecule has 1 atom stereocenters. The number of nitrogens with zero attached hydrogens (tertiary/aromatic N) is 3. The van der Waals surface area contributed by atoms with Gasteiger partial charge in [-0.2, -0.15) is 5.26 Å². The van der Waals surface area contributed by atoms with Crippen molar-refractivity contribution in [2.75, 3.05) is 11.1 Å². The van der Waals surface area contributed by atoms with Crippen molar-refractivity contribution in [2.24, 2.45) is 5.92 Å². The van der Waals surface area contributed by atoms with E-state index in [4.69, 9.17) is 0 Å². The van der Waals surface area contributed by atoms with Crippen molar-refractivity contribution in [3.63, 3.8) is 0 Å². The van der Waals surface area contributed by atoms with Gasteiger partial charge in [-0.1, -0.05) is 67.3 Å². The maximum atomic E-state index is 12.1. The summed E-state index contributed by atoms with van der Waals surface area (Å²) in [7, 11) is 0. The van der Waals surface area contributed by atoms with Gasteiger partial charge in [0.25, 0.3) is 0 Å². The maximum absolute atomic E-state index is 12.1. The molecule has 1 heterocycles. The molecule has 0 aliphatic heterocycles. The van der Waals surface area contributed by atoms with Crippen LogP contribution < -0.4 is 10.6 Å². The minimum atomic E-state index is -0.860. The Bertz CT molecular complexity index is 741. The van der Waals surface area contributed by atoms with E-state index in [-0.39, 0.29) is 17.6 Å². The summed E-state index contributed by atoms with van der Waals surface area (Å²) in [6, 6.07) is 12.2. The molecule has 0 saturated heterocycles. The number of thioether (sulfide) groups is 1. The Labute approximate surface area is 156 Å². The Morgan fingerprint density at radius 3 is 2.72 bits per heavy atom. The Morgan fingerprint density at radius 2 is 2.08 bits per heavy atom. The summed E-state index contributed by atoms with van der Waals surface area (Å²) >= 11 is 2.73. The van der Waals surface area contributed by atoms with Gasteiger partial charge in [0.2, 0.25) is 11.0 Å². The topological polar surface area (TPSA) is 90.7 Å². The van der Waals surface area contributed by atoms with E-state index >= 15 is 0 Å². The highest BCUT2D eigenvalue weighted by molar-refractivity contribution is 8.01. The SMILES string of the molecule is CC(C)[C@](C)(C#N)NC(=O)CSc1nnc(NCc2ccccc2)s1. The summed E-state index contributed by atoms with van der Waals surface area (Å²) in [6.07, 6.45) is 0. The van der Waals surface area contributed by atoms with Crippen LogP contribution in [0.15, 0.2) is 34.7 Å². The van der Waals surface area contributed by atoms with E-state index in [0.717, 1.165) is 10.7 Å². The fourth-order valence-electron chi connectivity index (χ4n) is 1.87. The molecule has 132 valence electrons. The third-order valence-corrected chi connectivity index (χ3v) is 5.82. The van der Waals surface area contributed by atoms with E-state index in [1.54, 1.807) is 6.92 Å². The Balaban J connectivity index is 1.81. The quantitative estimate of drug-likeness (QED) is 0.688. The van der Waals surface area contributed by atoms with Crippen LogP contribution in [0.5, 0.6) is 0 Å². The molecule has 0 unspecified atom stereocenters. The molecule has 1 amide bonds. The molecule has 1 aromatic carbocycles. The van der Waals surface area contributed by atoms with Gasteiger partial charge in [0, 0.05) is 6.54 Å². The number of nitriles is 1. The highest BCUT2D eigenvalue weighted by Gasteiger charge is 2.29. The minimum Gasteiger partial charge on any atom is -0.356 e. The zero-order chi connectivity index (χ0) is 18.3. The number of aromatic nitrogens is 2. The van der Waals surface area contributed by atoms with Crippen LogP contribution in [0.25, 0.3) is 0 Å². The van der Waals surface area contributed by atoms with Crippen LogP contribution in [0.4, 0.5) is 5.13 Å². The number of benzene rings is 1. The highest BCUT2D eigenvalue weighted by atomic mass is 32.2. The second-order valence-electron chi connectivity index (χ2n) is 6.02.